The first-order chi connectivity index (χ1) is 16.2. The summed E-state index contributed by atoms with van der Waals surface area (Å²) in [5.74, 6) is -1.14. The number of allylic oxidation sites excluding steroid dienone is 1. The highest BCUT2D eigenvalue weighted by molar-refractivity contribution is 5.72. The zero-order valence-corrected chi connectivity index (χ0v) is 22.2. The normalized spacial score (nSPS) is 12.5. The number of unbranched alkanes of at least 4 members (excludes halogenated alkanes) is 23. The van der Waals surface area contributed by atoms with Crippen LogP contribution in [0.5, 0.6) is 0 Å². The summed E-state index contributed by atoms with van der Waals surface area (Å²) in [6, 6.07) is 0. The Morgan fingerprint density at radius 2 is 0.848 bits per heavy atom. The lowest BCUT2D eigenvalue weighted by molar-refractivity contribution is -0.146. The minimum Gasteiger partial charge on any atom is -0.479 e. The number of rotatable bonds is 27. The summed E-state index contributed by atoms with van der Waals surface area (Å²) in [5, 5.41) is 17.8. The highest BCUT2D eigenvalue weighted by atomic mass is 16.4. The molecule has 196 valence electrons. The van der Waals surface area contributed by atoms with Gasteiger partial charge in [0.1, 0.15) is 0 Å². The van der Waals surface area contributed by atoms with Gasteiger partial charge in [0, 0.05) is 6.42 Å². The van der Waals surface area contributed by atoms with E-state index >= 15 is 0 Å². The van der Waals surface area contributed by atoms with E-state index in [0.29, 0.717) is 0 Å². The number of aliphatic hydroxyl groups is 1. The Bertz CT molecular complexity index is 419. The van der Waals surface area contributed by atoms with Gasteiger partial charge in [-0.05, 0) is 12.8 Å². The predicted octanol–water partition coefficient (Wildman–Crippen LogP) is 9.76. The van der Waals surface area contributed by atoms with Crippen molar-refractivity contribution in [2.45, 2.75) is 174 Å². The second kappa shape index (κ2) is 27.4. The molecule has 33 heavy (non-hydrogen) atoms. The number of aliphatic hydroxyl groups excluding tert-OH is 1. The largest absolute Gasteiger partial charge is 0.479 e. The Labute approximate surface area is 206 Å². The van der Waals surface area contributed by atoms with Crippen LogP contribution in [-0.2, 0) is 4.79 Å². The van der Waals surface area contributed by atoms with Crippen LogP contribution >= 0.6 is 0 Å². The van der Waals surface area contributed by atoms with Gasteiger partial charge >= 0.3 is 5.97 Å². The summed E-state index contributed by atoms with van der Waals surface area (Å²) in [5.41, 5.74) is 0. The van der Waals surface area contributed by atoms with Gasteiger partial charge in [-0.25, -0.2) is 4.79 Å². The number of hydrogen-bond donors (Lipinski definition) is 2. The van der Waals surface area contributed by atoms with Crippen molar-refractivity contribution >= 4 is 5.97 Å². The lowest BCUT2D eigenvalue weighted by atomic mass is 10.0. The van der Waals surface area contributed by atoms with E-state index in [2.05, 4.69) is 6.92 Å². The van der Waals surface area contributed by atoms with Crippen molar-refractivity contribution in [1.29, 1.82) is 0 Å². The van der Waals surface area contributed by atoms with Gasteiger partial charge in [0.15, 0.2) is 6.10 Å². The molecule has 1 unspecified atom stereocenters. The molecule has 0 heterocycles. The summed E-state index contributed by atoms with van der Waals surface area (Å²) in [6.07, 6.45) is 36.1. The molecule has 0 aliphatic carbocycles. The number of carbonyl (C=O) groups is 1. The zero-order chi connectivity index (χ0) is 24.2. The Morgan fingerprint density at radius 3 is 1.15 bits per heavy atom. The highest BCUT2D eigenvalue weighted by Gasteiger charge is 2.09. The van der Waals surface area contributed by atoms with Crippen LogP contribution < -0.4 is 0 Å². The van der Waals surface area contributed by atoms with Crippen LogP contribution in [0.2, 0.25) is 0 Å². The smallest absolute Gasteiger partial charge is 0.332 e. The molecule has 0 aliphatic heterocycles. The quantitative estimate of drug-likeness (QED) is 0.0935. The molecule has 3 heteroatoms. The molecule has 0 saturated heterocycles. The molecule has 0 bridgehead atoms. The Kier molecular flexibility index (Phi) is 26.7. The fourth-order valence-corrected chi connectivity index (χ4v) is 4.49. The number of carboxylic acids is 1. The van der Waals surface area contributed by atoms with Crippen molar-refractivity contribution in [1.82, 2.24) is 0 Å². The average molecular weight is 467 g/mol. The molecule has 3 nitrogen and oxygen atoms in total. The maximum absolute atomic E-state index is 10.5. The Hall–Kier alpha value is -0.830. The molecule has 0 rings (SSSR count). The fraction of sp³-hybridized carbons (Fsp3) is 0.900. The van der Waals surface area contributed by atoms with E-state index in [4.69, 9.17) is 10.2 Å². The van der Waals surface area contributed by atoms with Crippen LogP contribution in [0.3, 0.4) is 0 Å². The molecule has 0 aliphatic rings. The summed E-state index contributed by atoms with van der Waals surface area (Å²) in [6.45, 7) is 2.29. The van der Waals surface area contributed by atoms with Gasteiger partial charge in [-0.2, -0.15) is 0 Å². The second-order valence-corrected chi connectivity index (χ2v) is 10.1. The topological polar surface area (TPSA) is 57.5 Å². The molecule has 0 fully saturated rings. The van der Waals surface area contributed by atoms with Gasteiger partial charge in [-0.3, -0.25) is 0 Å². The van der Waals surface area contributed by atoms with Crippen molar-refractivity contribution in [3.05, 3.63) is 12.2 Å². The first-order valence-electron chi connectivity index (χ1n) is 14.7. The summed E-state index contributed by atoms with van der Waals surface area (Å²) >= 11 is 0. The molecule has 0 aromatic rings. The van der Waals surface area contributed by atoms with Crippen molar-refractivity contribution in [3.63, 3.8) is 0 Å². The molecule has 0 radical (unpaired) electrons. The van der Waals surface area contributed by atoms with E-state index < -0.39 is 12.1 Å². The van der Waals surface area contributed by atoms with Crippen LogP contribution in [0.25, 0.3) is 0 Å². The first-order valence-corrected chi connectivity index (χ1v) is 14.7. The van der Waals surface area contributed by atoms with Crippen LogP contribution in [-0.4, -0.2) is 22.3 Å². The van der Waals surface area contributed by atoms with Crippen molar-refractivity contribution in [2.24, 2.45) is 0 Å². The van der Waals surface area contributed by atoms with Gasteiger partial charge in [-0.1, -0.05) is 160 Å². The molecule has 0 spiro atoms. The third-order valence-electron chi connectivity index (χ3n) is 6.79. The van der Waals surface area contributed by atoms with E-state index in [1.807, 2.05) is 6.08 Å². The second-order valence-electron chi connectivity index (χ2n) is 10.1. The van der Waals surface area contributed by atoms with Gasteiger partial charge in [-0.15, -0.1) is 0 Å². The van der Waals surface area contributed by atoms with Crippen molar-refractivity contribution < 1.29 is 15.0 Å². The Balaban J connectivity index is 3.09. The zero-order valence-electron chi connectivity index (χ0n) is 22.2. The van der Waals surface area contributed by atoms with Gasteiger partial charge in [0.2, 0.25) is 0 Å². The SMILES string of the molecule is CCCCCCCCCCCCCCCCCCCCCCCCCC=CCC(O)C(=O)O. The van der Waals surface area contributed by atoms with E-state index in [1.54, 1.807) is 6.08 Å². The maximum atomic E-state index is 10.5. The van der Waals surface area contributed by atoms with E-state index in [0.717, 1.165) is 6.42 Å². The first kappa shape index (κ1) is 32.2. The lowest BCUT2D eigenvalue weighted by Crippen LogP contribution is -2.17. The minimum atomic E-state index is -1.25. The van der Waals surface area contributed by atoms with Gasteiger partial charge in [0.25, 0.3) is 0 Å². The molecular weight excluding hydrogens is 408 g/mol. The van der Waals surface area contributed by atoms with Crippen LogP contribution in [0.1, 0.15) is 167 Å². The predicted molar refractivity (Wildman–Crippen MR) is 144 cm³/mol. The van der Waals surface area contributed by atoms with E-state index in [9.17, 15) is 4.79 Å². The van der Waals surface area contributed by atoms with Crippen molar-refractivity contribution in [2.75, 3.05) is 0 Å². The van der Waals surface area contributed by atoms with Gasteiger partial charge < -0.3 is 10.2 Å². The van der Waals surface area contributed by atoms with Crippen LogP contribution in [0.15, 0.2) is 12.2 Å². The van der Waals surface area contributed by atoms with Gasteiger partial charge in [0.05, 0.1) is 0 Å². The summed E-state index contributed by atoms with van der Waals surface area (Å²) < 4.78 is 0. The van der Waals surface area contributed by atoms with Crippen LogP contribution in [0, 0.1) is 0 Å². The van der Waals surface area contributed by atoms with E-state index in [-0.39, 0.29) is 6.42 Å². The molecule has 0 saturated carbocycles. The molecular formula is C30H58O3. The highest BCUT2D eigenvalue weighted by Crippen LogP contribution is 2.15. The molecule has 2 N–H and O–H groups in total. The monoisotopic (exact) mass is 466 g/mol. The van der Waals surface area contributed by atoms with Crippen molar-refractivity contribution in [3.8, 4) is 0 Å². The molecule has 0 aromatic heterocycles. The van der Waals surface area contributed by atoms with Crippen LogP contribution in [0.4, 0.5) is 0 Å². The number of hydrogen-bond acceptors (Lipinski definition) is 2. The minimum absolute atomic E-state index is 0.217. The summed E-state index contributed by atoms with van der Waals surface area (Å²) in [7, 11) is 0. The number of carboxylic acid groups (broad SMARTS) is 1. The maximum Gasteiger partial charge on any atom is 0.332 e. The molecule has 0 amide bonds. The fourth-order valence-electron chi connectivity index (χ4n) is 4.49. The molecule has 1 atom stereocenters. The molecule has 0 aromatic carbocycles. The average Bonchev–Trinajstić information content (AvgIpc) is 2.81. The standard InChI is InChI=1S/C30H58O3/c1-2-3-4-5-6-7-8-9-10-11-12-13-14-15-16-17-18-19-20-21-22-23-24-25-26-27-28-29(31)30(32)33/h26-27,29,31H,2-25,28H2,1H3,(H,32,33). The Morgan fingerprint density at radius 1 is 0.545 bits per heavy atom. The van der Waals surface area contributed by atoms with E-state index in [1.165, 1.54) is 148 Å². The lowest BCUT2D eigenvalue weighted by Gasteiger charge is -2.04. The third kappa shape index (κ3) is 27.3. The number of aliphatic carboxylic acids is 1. The summed E-state index contributed by atoms with van der Waals surface area (Å²) in [4.78, 5) is 10.5. The third-order valence-corrected chi connectivity index (χ3v) is 6.79.